The molecule has 5 rings (SSSR count). The summed E-state index contributed by atoms with van der Waals surface area (Å²) in [6.07, 6.45) is 3.74. The Morgan fingerprint density at radius 1 is 1.17 bits per heavy atom. The average Bonchev–Trinajstić information content (AvgIpc) is 3.18. The van der Waals surface area contributed by atoms with Crippen LogP contribution in [0.5, 0.6) is 0 Å². The number of piperazine rings is 1. The van der Waals surface area contributed by atoms with Crippen molar-refractivity contribution in [2.24, 2.45) is 5.92 Å². The van der Waals surface area contributed by atoms with Crippen molar-refractivity contribution >= 4 is 33.1 Å². The number of carbonyl (C=O) groups excluding carboxylic acids is 1. The van der Waals surface area contributed by atoms with E-state index in [0.29, 0.717) is 6.04 Å². The van der Waals surface area contributed by atoms with Gasteiger partial charge >= 0.3 is 6.03 Å². The van der Waals surface area contributed by atoms with E-state index in [4.69, 9.17) is 4.74 Å². The molecule has 1 N–H and O–H groups in total. The minimum atomic E-state index is 0.0866. The van der Waals surface area contributed by atoms with E-state index in [-0.39, 0.29) is 12.1 Å². The predicted molar refractivity (Wildman–Crippen MR) is 123 cm³/mol. The molecule has 0 bridgehead atoms. The third kappa shape index (κ3) is 4.15. The van der Waals surface area contributed by atoms with Crippen molar-refractivity contribution in [3.8, 4) is 0 Å². The van der Waals surface area contributed by atoms with E-state index in [1.807, 2.05) is 16.2 Å². The molecular weight excluding hydrogens is 396 g/mol. The van der Waals surface area contributed by atoms with Crippen molar-refractivity contribution in [3.63, 3.8) is 0 Å². The number of fused-ring (bicyclic) bond motifs is 1. The van der Waals surface area contributed by atoms with Crippen LogP contribution >= 0.6 is 11.3 Å². The molecule has 2 amide bonds. The minimum absolute atomic E-state index is 0.0866. The molecule has 0 radical (unpaired) electrons. The summed E-state index contributed by atoms with van der Waals surface area (Å²) in [5.74, 6) is 0.760. The Bertz CT molecular complexity index is 867. The molecule has 1 aliphatic carbocycles. The van der Waals surface area contributed by atoms with Gasteiger partial charge in [-0.15, -0.1) is 11.3 Å². The highest BCUT2D eigenvalue weighted by atomic mass is 32.1. The van der Waals surface area contributed by atoms with Crippen LogP contribution in [0.1, 0.15) is 19.3 Å². The standard InChI is InChI=1S/C23H32N4O2S/c1-29-19-15-27(16-19)23(28)24-18-13-17(14-18)5-7-25-8-10-26(11-9-25)21-3-2-4-22-20(21)6-12-30-22/h2-4,6,12,17-19H,5,7-11,13-16H2,1H3,(H,24,28)/t17-,18+. The van der Waals surface area contributed by atoms with Gasteiger partial charge in [-0.1, -0.05) is 6.07 Å². The highest BCUT2D eigenvalue weighted by Gasteiger charge is 2.35. The summed E-state index contributed by atoms with van der Waals surface area (Å²) in [6.45, 7) is 7.14. The van der Waals surface area contributed by atoms with Crippen molar-refractivity contribution in [2.75, 3.05) is 57.8 Å². The first-order valence-electron chi connectivity index (χ1n) is 11.2. The number of nitrogens with zero attached hydrogens (tertiary/aromatic N) is 3. The van der Waals surface area contributed by atoms with Crippen molar-refractivity contribution in [2.45, 2.75) is 31.4 Å². The van der Waals surface area contributed by atoms with Crippen molar-refractivity contribution in [3.05, 3.63) is 29.6 Å². The number of ether oxygens (including phenoxy) is 1. The maximum atomic E-state index is 12.2. The number of benzene rings is 1. The Balaban J connectivity index is 0.999. The van der Waals surface area contributed by atoms with Crippen LogP contribution in [0.3, 0.4) is 0 Å². The highest BCUT2D eigenvalue weighted by Crippen LogP contribution is 2.32. The molecule has 3 heterocycles. The minimum Gasteiger partial charge on any atom is -0.378 e. The van der Waals surface area contributed by atoms with Crippen molar-refractivity contribution in [1.29, 1.82) is 0 Å². The first-order chi connectivity index (χ1) is 14.7. The Labute approximate surface area is 182 Å². The van der Waals surface area contributed by atoms with E-state index in [9.17, 15) is 4.79 Å². The molecule has 30 heavy (non-hydrogen) atoms. The third-order valence-corrected chi connectivity index (χ3v) is 7.95. The molecule has 0 unspecified atom stereocenters. The first-order valence-corrected chi connectivity index (χ1v) is 12.1. The van der Waals surface area contributed by atoms with E-state index in [0.717, 1.165) is 58.0 Å². The summed E-state index contributed by atoms with van der Waals surface area (Å²) in [6, 6.07) is 9.38. The second kappa shape index (κ2) is 8.73. The quantitative estimate of drug-likeness (QED) is 0.768. The number of anilines is 1. The maximum Gasteiger partial charge on any atom is 0.317 e. The Morgan fingerprint density at radius 3 is 2.73 bits per heavy atom. The number of thiophene rings is 1. The number of hydrogen-bond acceptors (Lipinski definition) is 5. The molecule has 3 aliphatic rings. The summed E-state index contributed by atoms with van der Waals surface area (Å²) in [5, 5.41) is 6.77. The molecule has 162 valence electrons. The van der Waals surface area contributed by atoms with Gasteiger partial charge in [0.15, 0.2) is 0 Å². The maximum absolute atomic E-state index is 12.2. The molecule has 2 aliphatic heterocycles. The van der Waals surface area contributed by atoms with Crippen molar-refractivity contribution in [1.82, 2.24) is 15.1 Å². The lowest BCUT2D eigenvalue weighted by Crippen LogP contribution is -2.60. The number of nitrogens with one attached hydrogen (secondary N) is 1. The number of methoxy groups -OCH3 is 1. The van der Waals surface area contributed by atoms with Crippen LogP contribution in [0.15, 0.2) is 29.6 Å². The van der Waals surface area contributed by atoms with E-state index < -0.39 is 0 Å². The fourth-order valence-electron chi connectivity index (χ4n) is 4.94. The number of carbonyl (C=O) groups is 1. The van der Waals surface area contributed by atoms with E-state index >= 15 is 0 Å². The van der Waals surface area contributed by atoms with E-state index in [1.165, 1.54) is 28.7 Å². The van der Waals surface area contributed by atoms with Crippen LogP contribution < -0.4 is 10.2 Å². The average molecular weight is 429 g/mol. The molecule has 1 saturated carbocycles. The Kier molecular flexibility index (Phi) is 5.85. The summed E-state index contributed by atoms with van der Waals surface area (Å²) in [7, 11) is 1.71. The van der Waals surface area contributed by atoms with Gasteiger partial charge in [0.2, 0.25) is 0 Å². The van der Waals surface area contributed by atoms with Gasteiger partial charge in [-0.25, -0.2) is 4.79 Å². The molecule has 0 atom stereocenters. The molecular formula is C23H32N4O2S. The Hall–Kier alpha value is -1.83. The van der Waals surface area contributed by atoms with Crippen LogP contribution in [0.25, 0.3) is 10.1 Å². The van der Waals surface area contributed by atoms with Gasteiger partial charge in [0.1, 0.15) is 0 Å². The van der Waals surface area contributed by atoms with Gasteiger partial charge in [-0.05, 0) is 55.3 Å². The monoisotopic (exact) mass is 428 g/mol. The predicted octanol–water partition coefficient (Wildman–Crippen LogP) is 3.23. The molecule has 6 nitrogen and oxygen atoms in total. The van der Waals surface area contributed by atoms with Gasteiger partial charge in [0.05, 0.1) is 19.2 Å². The van der Waals surface area contributed by atoms with Crippen LogP contribution in [-0.4, -0.2) is 80.9 Å². The summed E-state index contributed by atoms with van der Waals surface area (Å²) < 4.78 is 6.62. The molecule has 1 aromatic heterocycles. The van der Waals surface area contributed by atoms with Crippen LogP contribution in [0.2, 0.25) is 0 Å². The van der Waals surface area contributed by atoms with Gasteiger partial charge < -0.3 is 19.9 Å². The summed E-state index contributed by atoms with van der Waals surface area (Å²) in [5.41, 5.74) is 1.39. The molecule has 2 saturated heterocycles. The fourth-order valence-corrected chi connectivity index (χ4v) is 5.75. The topological polar surface area (TPSA) is 48.1 Å². The van der Waals surface area contributed by atoms with Crippen LogP contribution in [0.4, 0.5) is 10.5 Å². The Morgan fingerprint density at radius 2 is 1.97 bits per heavy atom. The zero-order valence-electron chi connectivity index (χ0n) is 17.8. The second-order valence-electron chi connectivity index (χ2n) is 8.97. The lowest BCUT2D eigenvalue weighted by atomic mass is 9.78. The van der Waals surface area contributed by atoms with Crippen LogP contribution in [-0.2, 0) is 4.74 Å². The van der Waals surface area contributed by atoms with E-state index in [2.05, 4.69) is 44.8 Å². The molecule has 3 fully saturated rings. The molecule has 1 aromatic carbocycles. The zero-order valence-corrected chi connectivity index (χ0v) is 18.6. The largest absolute Gasteiger partial charge is 0.378 e. The first kappa shape index (κ1) is 20.1. The highest BCUT2D eigenvalue weighted by molar-refractivity contribution is 7.17. The lowest BCUT2D eigenvalue weighted by molar-refractivity contribution is -0.00934. The number of likely N-dealkylation sites (tertiary alicyclic amines) is 1. The van der Waals surface area contributed by atoms with Gasteiger partial charge in [0, 0.05) is 55.1 Å². The van der Waals surface area contributed by atoms with Crippen molar-refractivity contribution < 1.29 is 9.53 Å². The molecule has 7 heteroatoms. The smallest absolute Gasteiger partial charge is 0.317 e. The number of rotatable bonds is 6. The van der Waals surface area contributed by atoms with E-state index in [1.54, 1.807) is 7.11 Å². The summed E-state index contributed by atoms with van der Waals surface area (Å²) in [4.78, 5) is 19.2. The normalized spacial score (nSPS) is 25.2. The van der Waals surface area contributed by atoms with Crippen LogP contribution in [0, 0.1) is 5.92 Å². The lowest BCUT2D eigenvalue weighted by Gasteiger charge is -2.42. The second-order valence-corrected chi connectivity index (χ2v) is 9.92. The van der Waals surface area contributed by atoms with Gasteiger partial charge in [-0.2, -0.15) is 0 Å². The summed E-state index contributed by atoms with van der Waals surface area (Å²) >= 11 is 1.83. The SMILES string of the molecule is COC1CN(C(=O)N[C@H]2C[C@@H](CCN3CCN(c4cccc5sccc45)CC3)C2)C1. The van der Waals surface area contributed by atoms with Gasteiger partial charge in [-0.3, -0.25) is 4.90 Å². The molecule has 2 aromatic rings. The third-order valence-electron chi connectivity index (χ3n) is 7.07. The zero-order chi connectivity index (χ0) is 20.5. The van der Waals surface area contributed by atoms with Gasteiger partial charge in [0.25, 0.3) is 0 Å². The fraction of sp³-hybridized carbons (Fsp3) is 0.609. The number of hydrogen-bond donors (Lipinski definition) is 1. The number of urea groups is 1. The number of amides is 2. The molecule has 0 spiro atoms.